The fraction of sp³-hybridized carbons (Fsp3) is 0.273. The first-order chi connectivity index (χ1) is 15.0. The fourth-order valence-electron chi connectivity index (χ4n) is 3.66. The van der Waals surface area contributed by atoms with Gasteiger partial charge in [0.25, 0.3) is 5.91 Å². The van der Waals surface area contributed by atoms with E-state index in [0.717, 1.165) is 30.2 Å². The van der Waals surface area contributed by atoms with Gasteiger partial charge in [0, 0.05) is 43.3 Å². The molecule has 0 atom stereocenters. The predicted octanol–water partition coefficient (Wildman–Crippen LogP) is 3.45. The summed E-state index contributed by atoms with van der Waals surface area (Å²) >= 11 is 6.06. The summed E-state index contributed by atoms with van der Waals surface area (Å²) in [6.45, 7) is 4.21. The minimum Gasteiger partial charge on any atom is -0.336 e. The van der Waals surface area contributed by atoms with E-state index in [1.807, 2.05) is 35.2 Å². The van der Waals surface area contributed by atoms with Crippen LogP contribution in [0, 0.1) is 10.1 Å². The Morgan fingerprint density at radius 1 is 1.03 bits per heavy atom. The third kappa shape index (κ3) is 5.28. The number of amides is 1. The number of rotatable bonds is 6. The van der Waals surface area contributed by atoms with E-state index in [9.17, 15) is 14.9 Å². The molecule has 31 heavy (non-hydrogen) atoms. The summed E-state index contributed by atoms with van der Waals surface area (Å²) in [4.78, 5) is 27.3. The lowest BCUT2D eigenvalue weighted by atomic mass is 10.1. The maximum Gasteiger partial charge on any atom is 0.307 e. The number of piperazine rings is 1. The zero-order valence-corrected chi connectivity index (χ0v) is 17.6. The van der Waals surface area contributed by atoms with Crippen LogP contribution < -0.4 is 0 Å². The van der Waals surface area contributed by atoms with E-state index in [0.29, 0.717) is 25.2 Å². The van der Waals surface area contributed by atoms with E-state index < -0.39 is 4.92 Å². The molecular formula is C22H22ClN5O3. The predicted molar refractivity (Wildman–Crippen MR) is 117 cm³/mol. The number of benzene rings is 2. The van der Waals surface area contributed by atoms with E-state index in [1.54, 1.807) is 12.1 Å². The Hall–Kier alpha value is -3.23. The molecule has 0 spiro atoms. The van der Waals surface area contributed by atoms with E-state index in [4.69, 9.17) is 11.6 Å². The molecule has 1 aliphatic rings. The van der Waals surface area contributed by atoms with Gasteiger partial charge in [-0.3, -0.25) is 24.5 Å². The van der Waals surface area contributed by atoms with Crippen molar-refractivity contribution in [2.45, 2.75) is 13.1 Å². The van der Waals surface area contributed by atoms with Crippen LogP contribution in [0.5, 0.6) is 0 Å². The molecule has 0 aliphatic carbocycles. The lowest BCUT2D eigenvalue weighted by molar-refractivity contribution is -0.385. The average molecular weight is 440 g/mol. The Morgan fingerprint density at radius 3 is 2.42 bits per heavy atom. The van der Waals surface area contributed by atoms with Crippen molar-refractivity contribution in [3.8, 4) is 0 Å². The number of hydrogen-bond donors (Lipinski definition) is 0. The van der Waals surface area contributed by atoms with Crippen molar-refractivity contribution in [2.24, 2.45) is 0 Å². The van der Waals surface area contributed by atoms with Crippen molar-refractivity contribution in [3.05, 3.63) is 92.8 Å². The van der Waals surface area contributed by atoms with Gasteiger partial charge in [0.05, 0.1) is 11.5 Å². The number of carbonyl (C=O) groups excluding carboxylic acids is 1. The Balaban J connectivity index is 1.31. The van der Waals surface area contributed by atoms with Crippen molar-refractivity contribution >= 4 is 23.2 Å². The molecule has 1 saturated heterocycles. The summed E-state index contributed by atoms with van der Waals surface area (Å²) in [6.07, 6.45) is 2.62. The molecule has 0 bridgehead atoms. The van der Waals surface area contributed by atoms with Crippen molar-refractivity contribution in [3.63, 3.8) is 0 Å². The summed E-state index contributed by atoms with van der Waals surface area (Å²) in [5.41, 5.74) is 2.69. The smallest absolute Gasteiger partial charge is 0.307 e. The summed E-state index contributed by atoms with van der Waals surface area (Å²) in [6, 6.07) is 15.2. The highest BCUT2D eigenvalue weighted by Crippen LogP contribution is 2.16. The molecule has 0 radical (unpaired) electrons. The molecule has 2 heterocycles. The molecule has 1 fully saturated rings. The monoisotopic (exact) mass is 439 g/mol. The third-order valence-corrected chi connectivity index (χ3v) is 5.57. The Kier molecular flexibility index (Phi) is 6.29. The van der Waals surface area contributed by atoms with Gasteiger partial charge in [-0.2, -0.15) is 5.10 Å². The molecule has 4 rings (SSSR count). The highest BCUT2D eigenvalue weighted by atomic mass is 35.5. The number of aromatic nitrogens is 2. The van der Waals surface area contributed by atoms with E-state index in [-0.39, 0.29) is 11.6 Å². The van der Waals surface area contributed by atoms with Gasteiger partial charge in [-0.1, -0.05) is 35.9 Å². The summed E-state index contributed by atoms with van der Waals surface area (Å²) in [5, 5.41) is 15.5. The highest BCUT2D eigenvalue weighted by Gasteiger charge is 2.22. The number of nitrogens with zero attached hydrogens (tertiary/aromatic N) is 5. The second kappa shape index (κ2) is 9.28. The maximum absolute atomic E-state index is 12.9. The van der Waals surface area contributed by atoms with Gasteiger partial charge < -0.3 is 4.90 Å². The standard InChI is InChI=1S/C22H22ClN5O3/c23-20-3-1-2-18(12-20)14-25-8-10-26(11-9-25)22(29)19-6-4-17(5-7-19)15-27-16-21(13-24-27)28(30)31/h1-7,12-13,16H,8-11,14-15H2. The second-order valence-electron chi connectivity index (χ2n) is 7.55. The molecule has 8 nitrogen and oxygen atoms in total. The normalized spacial score (nSPS) is 14.5. The number of carbonyl (C=O) groups is 1. The Morgan fingerprint density at radius 2 is 1.77 bits per heavy atom. The SMILES string of the molecule is O=C(c1ccc(Cn2cc([N+](=O)[O-])cn2)cc1)N1CCN(Cc2cccc(Cl)c2)CC1. The van der Waals surface area contributed by atoms with Gasteiger partial charge in [0.2, 0.25) is 0 Å². The minimum absolute atomic E-state index is 0.0173. The van der Waals surface area contributed by atoms with Crippen LogP contribution in [-0.2, 0) is 13.1 Å². The fourth-order valence-corrected chi connectivity index (χ4v) is 3.87. The number of hydrogen-bond acceptors (Lipinski definition) is 5. The van der Waals surface area contributed by atoms with E-state index in [1.165, 1.54) is 22.6 Å². The first kappa shape index (κ1) is 21.0. The van der Waals surface area contributed by atoms with E-state index in [2.05, 4.69) is 16.1 Å². The van der Waals surface area contributed by atoms with Gasteiger partial charge >= 0.3 is 5.69 Å². The van der Waals surface area contributed by atoms with Crippen molar-refractivity contribution in [2.75, 3.05) is 26.2 Å². The maximum atomic E-state index is 12.9. The number of halogens is 1. The third-order valence-electron chi connectivity index (χ3n) is 5.33. The van der Waals surface area contributed by atoms with Crippen LogP contribution in [0.2, 0.25) is 5.02 Å². The molecule has 0 N–H and O–H groups in total. The summed E-state index contributed by atoms with van der Waals surface area (Å²) in [5.74, 6) is 0.0173. The molecule has 160 valence electrons. The lowest BCUT2D eigenvalue weighted by Gasteiger charge is -2.34. The molecule has 1 amide bonds. The first-order valence-electron chi connectivity index (χ1n) is 10.00. The van der Waals surface area contributed by atoms with Crippen molar-refractivity contribution in [1.29, 1.82) is 0 Å². The zero-order valence-electron chi connectivity index (χ0n) is 16.9. The number of nitro groups is 1. The van der Waals surface area contributed by atoms with Crippen LogP contribution >= 0.6 is 11.6 Å². The lowest BCUT2D eigenvalue weighted by Crippen LogP contribution is -2.48. The minimum atomic E-state index is -0.472. The average Bonchev–Trinajstić information content (AvgIpc) is 3.23. The van der Waals surface area contributed by atoms with Crippen LogP contribution in [0.25, 0.3) is 0 Å². The van der Waals surface area contributed by atoms with Crippen LogP contribution in [0.1, 0.15) is 21.5 Å². The Labute approximate surface area is 184 Å². The molecule has 1 aliphatic heterocycles. The molecular weight excluding hydrogens is 418 g/mol. The largest absolute Gasteiger partial charge is 0.336 e. The summed E-state index contributed by atoms with van der Waals surface area (Å²) < 4.78 is 1.51. The van der Waals surface area contributed by atoms with Crippen LogP contribution in [0.15, 0.2) is 60.9 Å². The molecule has 3 aromatic rings. The Bertz CT molecular complexity index is 1070. The summed E-state index contributed by atoms with van der Waals surface area (Å²) in [7, 11) is 0. The molecule has 2 aromatic carbocycles. The van der Waals surface area contributed by atoms with Gasteiger partial charge in [-0.25, -0.2) is 0 Å². The highest BCUT2D eigenvalue weighted by molar-refractivity contribution is 6.30. The molecule has 0 unspecified atom stereocenters. The molecule has 1 aromatic heterocycles. The van der Waals surface area contributed by atoms with Crippen molar-refractivity contribution in [1.82, 2.24) is 19.6 Å². The van der Waals surface area contributed by atoms with Crippen LogP contribution in [-0.4, -0.2) is 56.6 Å². The topological polar surface area (TPSA) is 84.5 Å². The van der Waals surface area contributed by atoms with Gasteiger partial charge in [-0.05, 0) is 35.4 Å². The zero-order chi connectivity index (χ0) is 21.8. The second-order valence-corrected chi connectivity index (χ2v) is 7.98. The molecule has 9 heteroatoms. The van der Waals surface area contributed by atoms with Gasteiger partial charge in [-0.15, -0.1) is 0 Å². The first-order valence-corrected chi connectivity index (χ1v) is 10.4. The van der Waals surface area contributed by atoms with Crippen LogP contribution in [0.3, 0.4) is 0 Å². The van der Waals surface area contributed by atoms with Gasteiger partial charge in [0.1, 0.15) is 12.4 Å². The van der Waals surface area contributed by atoms with Crippen LogP contribution in [0.4, 0.5) is 5.69 Å². The van der Waals surface area contributed by atoms with E-state index >= 15 is 0 Å². The van der Waals surface area contributed by atoms with Crippen molar-refractivity contribution < 1.29 is 9.72 Å². The molecule has 0 saturated carbocycles. The van der Waals surface area contributed by atoms with Gasteiger partial charge in [0.15, 0.2) is 0 Å². The quantitative estimate of drug-likeness (QED) is 0.434.